The number of imidazole rings is 1. The van der Waals surface area contributed by atoms with Crippen molar-refractivity contribution in [2.75, 3.05) is 29.9 Å². The van der Waals surface area contributed by atoms with Crippen molar-refractivity contribution in [3.63, 3.8) is 0 Å². The second-order valence-corrected chi connectivity index (χ2v) is 10.1. The highest BCUT2D eigenvalue weighted by Crippen LogP contribution is 2.38. The van der Waals surface area contributed by atoms with Gasteiger partial charge < -0.3 is 19.9 Å². The van der Waals surface area contributed by atoms with Crippen LogP contribution in [0.25, 0.3) is 11.0 Å². The minimum absolute atomic E-state index is 0.0516. The first-order valence-electron chi connectivity index (χ1n) is 12.9. The fraction of sp³-hybridized carbons (Fsp3) is 0.444. The summed E-state index contributed by atoms with van der Waals surface area (Å²) in [5.41, 5.74) is 3.50. The number of carbonyl (C=O) groups is 2. The van der Waals surface area contributed by atoms with E-state index < -0.39 is 6.35 Å². The van der Waals surface area contributed by atoms with Crippen LogP contribution < -0.4 is 15.5 Å². The van der Waals surface area contributed by atoms with Crippen LogP contribution in [0.3, 0.4) is 0 Å². The molecule has 1 aliphatic carbocycles. The third-order valence-corrected chi connectivity index (χ3v) is 7.58. The number of nitrogens with one attached hydrogen (secondary N) is 2. The molecule has 2 unspecified atom stereocenters. The Morgan fingerprint density at radius 3 is 2.56 bits per heavy atom. The van der Waals surface area contributed by atoms with Gasteiger partial charge in [0.05, 0.1) is 16.7 Å². The molecule has 2 atom stereocenters. The highest BCUT2D eigenvalue weighted by molar-refractivity contribution is 6.06. The molecule has 1 aromatic heterocycles. The summed E-state index contributed by atoms with van der Waals surface area (Å²) >= 11 is 0. The van der Waals surface area contributed by atoms with Gasteiger partial charge in [0.15, 0.2) is 6.35 Å². The van der Waals surface area contributed by atoms with Crippen LogP contribution in [0.5, 0.6) is 0 Å². The molecule has 188 valence electrons. The number of aromatic nitrogens is 2. The van der Waals surface area contributed by atoms with Crippen molar-refractivity contribution >= 4 is 34.5 Å². The molecule has 9 heteroatoms. The number of nitrogens with zero attached hydrogens (tertiary/aromatic N) is 4. The van der Waals surface area contributed by atoms with Crippen molar-refractivity contribution in [2.45, 2.75) is 57.5 Å². The van der Waals surface area contributed by atoms with E-state index in [0.29, 0.717) is 29.7 Å². The number of benzene rings is 2. The van der Waals surface area contributed by atoms with Crippen LogP contribution in [0.4, 0.5) is 11.6 Å². The highest BCUT2D eigenvalue weighted by Gasteiger charge is 2.41. The summed E-state index contributed by atoms with van der Waals surface area (Å²) in [7, 11) is 0. The average Bonchev–Trinajstić information content (AvgIpc) is 3.55. The van der Waals surface area contributed by atoms with Crippen LogP contribution in [0.2, 0.25) is 0 Å². The van der Waals surface area contributed by atoms with Gasteiger partial charge in [-0.05, 0) is 69.4 Å². The van der Waals surface area contributed by atoms with Crippen molar-refractivity contribution in [3.8, 4) is 0 Å². The van der Waals surface area contributed by atoms with E-state index in [0.717, 1.165) is 61.9 Å². The van der Waals surface area contributed by atoms with E-state index in [1.807, 2.05) is 18.2 Å². The molecule has 6 rings (SSSR count). The summed E-state index contributed by atoms with van der Waals surface area (Å²) in [4.78, 5) is 34.8. The second-order valence-electron chi connectivity index (χ2n) is 10.1. The first-order chi connectivity index (χ1) is 17.5. The predicted octanol–water partition coefficient (Wildman–Crippen LogP) is 3.32. The van der Waals surface area contributed by atoms with Gasteiger partial charge in [0.25, 0.3) is 11.8 Å². The van der Waals surface area contributed by atoms with Gasteiger partial charge in [0.1, 0.15) is 0 Å². The molecule has 2 aliphatic heterocycles. The molecule has 0 radical (unpaired) electrons. The van der Waals surface area contributed by atoms with Gasteiger partial charge in [-0.1, -0.05) is 12.1 Å². The number of anilines is 2. The van der Waals surface area contributed by atoms with E-state index in [4.69, 9.17) is 4.98 Å². The van der Waals surface area contributed by atoms with E-state index in [9.17, 15) is 14.7 Å². The Balaban J connectivity index is 1.43. The van der Waals surface area contributed by atoms with Crippen molar-refractivity contribution in [1.29, 1.82) is 0 Å². The van der Waals surface area contributed by atoms with Crippen molar-refractivity contribution < 1.29 is 14.7 Å². The zero-order valence-electron chi connectivity index (χ0n) is 20.5. The minimum atomic E-state index is -0.663. The number of hydrogen-bond acceptors (Lipinski definition) is 6. The molecule has 0 spiro atoms. The monoisotopic (exact) mass is 488 g/mol. The molecule has 2 bridgehead atoms. The van der Waals surface area contributed by atoms with Crippen molar-refractivity contribution in [1.82, 2.24) is 19.8 Å². The van der Waals surface area contributed by atoms with E-state index in [2.05, 4.69) is 31.9 Å². The minimum Gasteiger partial charge on any atom is -0.361 e. The van der Waals surface area contributed by atoms with Crippen molar-refractivity contribution in [3.05, 3.63) is 53.6 Å². The molecule has 9 nitrogen and oxygen atoms in total. The number of aliphatic hydroxyl groups is 1. The summed E-state index contributed by atoms with van der Waals surface area (Å²) in [5.74, 6) is -0.00113. The van der Waals surface area contributed by atoms with Gasteiger partial charge in [-0.15, -0.1) is 0 Å². The molecule has 36 heavy (non-hydrogen) atoms. The highest BCUT2D eigenvalue weighted by atomic mass is 16.3. The molecule has 2 fully saturated rings. The van der Waals surface area contributed by atoms with Gasteiger partial charge in [0, 0.05) is 42.8 Å². The summed E-state index contributed by atoms with van der Waals surface area (Å²) in [6.07, 6.45) is 4.25. The van der Waals surface area contributed by atoms with E-state index in [1.165, 1.54) is 0 Å². The van der Waals surface area contributed by atoms with Gasteiger partial charge in [0.2, 0.25) is 5.95 Å². The largest absolute Gasteiger partial charge is 0.361 e. The quantitative estimate of drug-likeness (QED) is 0.512. The van der Waals surface area contributed by atoms with Crippen LogP contribution in [-0.4, -0.2) is 63.4 Å². The fourth-order valence-electron chi connectivity index (χ4n) is 5.51. The lowest BCUT2D eigenvalue weighted by Crippen LogP contribution is -2.40. The Hall–Kier alpha value is -3.43. The normalized spacial score (nSPS) is 23.8. The lowest BCUT2D eigenvalue weighted by Gasteiger charge is -2.28. The molecule has 3 heterocycles. The van der Waals surface area contributed by atoms with Gasteiger partial charge in [-0.25, -0.2) is 4.98 Å². The van der Waals surface area contributed by atoms with E-state index in [1.54, 1.807) is 24.3 Å². The smallest absolute Gasteiger partial charge is 0.257 e. The molecule has 3 N–H and O–H groups in total. The standard InChI is InChI=1S/C27H32N6O3/c1-17-6-2-3-13-28-24(34)18-7-4-8-19(16-18)25(35)30-26-29-21-9-5-10-22(23(21)33(17)26)32-15-14-31(27(32)36)20-11-12-20/h4-5,7-10,16-17,20,27,36H,2-3,6,11-15H2,1H3,(H,28,34)(H,29,30,35). The molecule has 1 saturated carbocycles. The third-order valence-electron chi connectivity index (χ3n) is 7.58. The average molecular weight is 489 g/mol. The zero-order chi connectivity index (χ0) is 24.8. The summed E-state index contributed by atoms with van der Waals surface area (Å²) in [6.45, 7) is 4.29. The number of para-hydroxylation sites is 1. The summed E-state index contributed by atoms with van der Waals surface area (Å²) in [6, 6.07) is 13.2. The topological polar surface area (TPSA) is 103 Å². The molecule has 2 aromatic carbocycles. The molecule has 3 aromatic rings. The van der Waals surface area contributed by atoms with E-state index in [-0.39, 0.29) is 17.9 Å². The zero-order valence-corrected chi connectivity index (χ0v) is 20.5. The molecule has 3 aliphatic rings. The van der Waals surface area contributed by atoms with Crippen LogP contribution in [0.15, 0.2) is 42.5 Å². The number of amides is 2. The van der Waals surface area contributed by atoms with Gasteiger partial charge >= 0.3 is 0 Å². The SMILES string of the molecule is CC1CCCCNC(=O)c2cccc(c2)C(=O)Nc2nc3cccc(N4CCN(C5CC5)C4O)c3n21. The summed E-state index contributed by atoms with van der Waals surface area (Å²) < 4.78 is 2.11. The Bertz CT molecular complexity index is 1320. The maximum absolute atomic E-state index is 13.3. The number of carbonyl (C=O) groups excluding carboxylic acids is 2. The van der Waals surface area contributed by atoms with Crippen LogP contribution >= 0.6 is 0 Å². The lowest BCUT2D eigenvalue weighted by atomic mass is 10.1. The van der Waals surface area contributed by atoms with Crippen LogP contribution in [0, 0.1) is 0 Å². The maximum atomic E-state index is 13.3. The van der Waals surface area contributed by atoms with E-state index >= 15 is 0 Å². The van der Waals surface area contributed by atoms with Crippen LogP contribution in [-0.2, 0) is 0 Å². The molecule has 2 amide bonds. The molecular weight excluding hydrogens is 456 g/mol. The molecule has 1 saturated heterocycles. The number of rotatable bonds is 2. The second kappa shape index (κ2) is 9.22. The Morgan fingerprint density at radius 2 is 1.75 bits per heavy atom. The third kappa shape index (κ3) is 4.12. The number of hydrogen-bond donors (Lipinski definition) is 3. The fourth-order valence-corrected chi connectivity index (χ4v) is 5.51. The first kappa shape index (κ1) is 23.0. The summed E-state index contributed by atoms with van der Waals surface area (Å²) in [5, 5.41) is 17.1. The Morgan fingerprint density at radius 1 is 0.972 bits per heavy atom. The van der Waals surface area contributed by atoms with Crippen LogP contribution in [0.1, 0.15) is 65.8 Å². The molecular formula is C27H32N6O3. The lowest BCUT2D eigenvalue weighted by molar-refractivity contribution is 0.0342. The Labute approximate surface area is 210 Å². The number of aliphatic hydroxyl groups excluding tert-OH is 1. The van der Waals surface area contributed by atoms with Crippen molar-refractivity contribution in [2.24, 2.45) is 0 Å². The maximum Gasteiger partial charge on any atom is 0.257 e. The Kier molecular flexibility index (Phi) is 5.89. The predicted molar refractivity (Wildman–Crippen MR) is 138 cm³/mol. The van der Waals surface area contributed by atoms with Gasteiger partial charge in [-0.3, -0.25) is 19.8 Å². The van der Waals surface area contributed by atoms with Gasteiger partial charge in [-0.2, -0.15) is 0 Å². The number of fused-ring (bicyclic) bond motifs is 5. The first-order valence-corrected chi connectivity index (χ1v) is 12.9.